The van der Waals surface area contributed by atoms with Crippen molar-refractivity contribution in [1.82, 2.24) is 5.32 Å². The second-order valence-electron chi connectivity index (χ2n) is 6.43. The summed E-state index contributed by atoms with van der Waals surface area (Å²) in [5.74, 6) is 0.0243. The van der Waals surface area contributed by atoms with Crippen LogP contribution in [0.1, 0.15) is 43.2 Å². The molecule has 0 heterocycles. The fourth-order valence-corrected chi connectivity index (χ4v) is 3.40. The fourth-order valence-electron chi connectivity index (χ4n) is 3.40. The lowest BCUT2D eigenvalue weighted by Gasteiger charge is -2.30. The number of rotatable bonds is 7. The Balaban J connectivity index is 2.02. The highest BCUT2D eigenvalue weighted by atomic mass is 16.5. The van der Waals surface area contributed by atoms with Crippen LogP contribution in [0.5, 0.6) is 0 Å². The van der Waals surface area contributed by atoms with Crippen molar-refractivity contribution in [1.29, 1.82) is 0 Å². The normalized spacial score (nSPS) is 18.1. The van der Waals surface area contributed by atoms with E-state index in [4.69, 9.17) is 10.5 Å². The Bertz CT molecular complexity index is 492. The van der Waals surface area contributed by atoms with E-state index in [1.165, 1.54) is 24.0 Å². The van der Waals surface area contributed by atoms with Gasteiger partial charge in [0.15, 0.2) is 0 Å². The largest absolute Gasteiger partial charge is 0.380 e. The number of aryl methyl sites for hydroxylation is 1. The van der Waals surface area contributed by atoms with Crippen molar-refractivity contribution in [3.05, 3.63) is 35.4 Å². The molecule has 122 valence electrons. The number of hydrogen-bond acceptors (Lipinski definition) is 3. The van der Waals surface area contributed by atoms with Crippen molar-refractivity contribution >= 4 is 5.91 Å². The quantitative estimate of drug-likeness (QED) is 0.812. The van der Waals surface area contributed by atoms with Gasteiger partial charge in [-0.2, -0.15) is 0 Å². The summed E-state index contributed by atoms with van der Waals surface area (Å²) in [6.45, 7) is 3.19. The van der Waals surface area contributed by atoms with E-state index in [9.17, 15) is 4.79 Å². The van der Waals surface area contributed by atoms with Gasteiger partial charge in [0.2, 0.25) is 5.91 Å². The minimum atomic E-state index is -0.196. The van der Waals surface area contributed by atoms with Crippen LogP contribution >= 0.6 is 0 Å². The number of nitrogens with two attached hydrogens (primary N) is 1. The molecule has 0 aromatic heterocycles. The molecule has 0 saturated heterocycles. The van der Waals surface area contributed by atoms with Gasteiger partial charge < -0.3 is 15.8 Å². The Morgan fingerprint density at radius 3 is 2.73 bits per heavy atom. The Labute approximate surface area is 133 Å². The summed E-state index contributed by atoms with van der Waals surface area (Å²) < 4.78 is 5.18. The van der Waals surface area contributed by atoms with Crippen LogP contribution in [-0.2, 0) is 14.9 Å². The minimum Gasteiger partial charge on any atom is -0.380 e. The molecule has 4 heteroatoms. The lowest BCUT2D eigenvalue weighted by Crippen LogP contribution is -2.41. The summed E-state index contributed by atoms with van der Waals surface area (Å²) in [7, 11) is 1.59. The molecule has 0 spiro atoms. The van der Waals surface area contributed by atoms with Gasteiger partial charge in [-0.3, -0.25) is 4.79 Å². The first-order chi connectivity index (χ1) is 10.6. The van der Waals surface area contributed by atoms with E-state index in [-0.39, 0.29) is 17.4 Å². The summed E-state index contributed by atoms with van der Waals surface area (Å²) in [5.41, 5.74) is 8.30. The predicted molar refractivity (Wildman–Crippen MR) is 88.8 cm³/mol. The van der Waals surface area contributed by atoms with Crippen LogP contribution < -0.4 is 11.1 Å². The van der Waals surface area contributed by atoms with Gasteiger partial charge in [-0.05, 0) is 25.3 Å². The van der Waals surface area contributed by atoms with Crippen LogP contribution in [0, 0.1) is 6.92 Å². The van der Waals surface area contributed by atoms with Gasteiger partial charge in [0.1, 0.15) is 0 Å². The molecule has 4 nitrogen and oxygen atoms in total. The molecular weight excluding hydrogens is 276 g/mol. The number of ether oxygens (including phenoxy) is 1. The van der Waals surface area contributed by atoms with E-state index in [1.54, 1.807) is 7.11 Å². The summed E-state index contributed by atoms with van der Waals surface area (Å²) >= 11 is 0. The molecule has 1 saturated carbocycles. The van der Waals surface area contributed by atoms with E-state index in [2.05, 4.69) is 36.5 Å². The minimum absolute atomic E-state index is 0.0243. The Hall–Kier alpha value is -1.39. The standard InChI is InChI=1S/C18H28N2O2/c1-14-6-5-7-15(10-14)18(8-3-4-9-18)13-20-17(21)11-16(12-19)22-2/h5-7,10,16H,3-4,8-9,11-13,19H2,1-2H3,(H,20,21). The zero-order valence-corrected chi connectivity index (χ0v) is 13.7. The lowest BCUT2D eigenvalue weighted by atomic mass is 9.78. The van der Waals surface area contributed by atoms with Crippen molar-refractivity contribution in [2.24, 2.45) is 5.73 Å². The van der Waals surface area contributed by atoms with Gasteiger partial charge in [-0.1, -0.05) is 42.7 Å². The maximum atomic E-state index is 12.1. The first-order valence-electron chi connectivity index (χ1n) is 8.16. The van der Waals surface area contributed by atoms with E-state index in [0.29, 0.717) is 19.5 Å². The van der Waals surface area contributed by atoms with Crippen molar-refractivity contribution < 1.29 is 9.53 Å². The average Bonchev–Trinajstić information content (AvgIpc) is 3.01. The molecule has 1 aliphatic carbocycles. The fraction of sp³-hybridized carbons (Fsp3) is 0.611. The van der Waals surface area contributed by atoms with Crippen LogP contribution in [-0.4, -0.2) is 32.2 Å². The molecule has 1 aliphatic rings. The summed E-state index contributed by atoms with van der Waals surface area (Å²) in [6.07, 6.45) is 4.87. The molecule has 0 aliphatic heterocycles. The Morgan fingerprint density at radius 2 is 2.14 bits per heavy atom. The van der Waals surface area contributed by atoms with Gasteiger partial charge in [0.25, 0.3) is 0 Å². The van der Waals surface area contributed by atoms with Crippen molar-refractivity contribution in [2.75, 3.05) is 20.2 Å². The SMILES string of the molecule is COC(CN)CC(=O)NCC1(c2cccc(C)c2)CCCC1. The molecule has 1 unspecified atom stereocenters. The van der Waals surface area contributed by atoms with E-state index in [1.807, 2.05) is 0 Å². The smallest absolute Gasteiger partial charge is 0.222 e. The van der Waals surface area contributed by atoms with Crippen LogP contribution in [0.15, 0.2) is 24.3 Å². The number of nitrogens with one attached hydrogen (secondary N) is 1. The van der Waals surface area contributed by atoms with Crippen LogP contribution in [0.25, 0.3) is 0 Å². The molecule has 1 amide bonds. The molecule has 1 atom stereocenters. The molecular formula is C18H28N2O2. The molecule has 1 fully saturated rings. The first-order valence-corrected chi connectivity index (χ1v) is 8.16. The number of carbonyl (C=O) groups excluding carboxylic acids is 1. The van der Waals surface area contributed by atoms with Crippen molar-refractivity contribution in [2.45, 2.75) is 50.5 Å². The number of carbonyl (C=O) groups is 1. The Kier molecular flexibility index (Phi) is 5.98. The molecule has 0 radical (unpaired) electrons. The number of amides is 1. The van der Waals surface area contributed by atoms with Gasteiger partial charge in [0, 0.05) is 25.6 Å². The summed E-state index contributed by atoms with van der Waals surface area (Å²) in [6, 6.07) is 8.69. The maximum absolute atomic E-state index is 12.1. The van der Waals surface area contributed by atoms with E-state index < -0.39 is 0 Å². The number of benzene rings is 1. The zero-order chi connectivity index (χ0) is 16.0. The van der Waals surface area contributed by atoms with E-state index >= 15 is 0 Å². The highest BCUT2D eigenvalue weighted by molar-refractivity contribution is 5.76. The van der Waals surface area contributed by atoms with Gasteiger partial charge in [-0.25, -0.2) is 0 Å². The van der Waals surface area contributed by atoms with Gasteiger partial charge in [-0.15, -0.1) is 0 Å². The second kappa shape index (κ2) is 7.75. The molecule has 2 rings (SSSR count). The molecule has 3 N–H and O–H groups in total. The van der Waals surface area contributed by atoms with Crippen molar-refractivity contribution in [3.8, 4) is 0 Å². The number of hydrogen-bond donors (Lipinski definition) is 2. The third-order valence-electron chi connectivity index (χ3n) is 4.82. The van der Waals surface area contributed by atoms with Crippen LogP contribution in [0.2, 0.25) is 0 Å². The number of methoxy groups -OCH3 is 1. The molecule has 1 aromatic carbocycles. The van der Waals surface area contributed by atoms with Gasteiger partial charge in [0.05, 0.1) is 12.5 Å². The Morgan fingerprint density at radius 1 is 1.41 bits per heavy atom. The van der Waals surface area contributed by atoms with Crippen LogP contribution in [0.3, 0.4) is 0 Å². The highest BCUT2D eigenvalue weighted by Gasteiger charge is 2.36. The third-order valence-corrected chi connectivity index (χ3v) is 4.82. The van der Waals surface area contributed by atoms with Gasteiger partial charge >= 0.3 is 0 Å². The van der Waals surface area contributed by atoms with Crippen LogP contribution in [0.4, 0.5) is 0 Å². The zero-order valence-electron chi connectivity index (χ0n) is 13.7. The van der Waals surface area contributed by atoms with Crippen molar-refractivity contribution in [3.63, 3.8) is 0 Å². The molecule has 1 aromatic rings. The summed E-state index contributed by atoms with van der Waals surface area (Å²) in [4.78, 5) is 12.1. The van der Waals surface area contributed by atoms with E-state index in [0.717, 1.165) is 12.8 Å². The summed E-state index contributed by atoms with van der Waals surface area (Å²) in [5, 5.41) is 3.11. The maximum Gasteiger partial charge on any atom is 0.222 e. The highest BCUT2D eigenvalue weighted by Crippen LogP contribution is 2.40. The molecule has 22 heavy (non-hydrogen) atoms. The first kappa shape index (κ1) is 17.0. The monoisotopic (exact) mass is 304 g/mol. The second-order valence-corrected chi connectivity index (χ2v) is 6.43. The third kappa shape index (κ3) is 4.08. The lowest BCUT2D eigenvalue weighted by molar-refractivity contribution is -0.123. The average molecular weight is 304 g/mol. The predicted octanol–water partition coefficient (Wildman–Crippen LogP) is 2.29. The topological polar surface area (TPSA) is 64.3 Å². The molecule has 0 bridgehead atoms.